The summed E-state index contributed by atoms with van der Waals surface area (Å²) < 4.78 is 5.93. The van der Waals surface area contributed by atoms with Crippen molar-refractivity contribution in [1.82, 2.24) is 5.48 Å². The third-order valence-corrected chi connectivity index (χ3v) is 4.58. The second-order valence-corrected chi connectivity index (χ2v) is 6.35. The van der Waals surface area contributed by atoms with E-state index in [1.54, 1.807) is 0 Å². The van der Waals surface area contributed by atoms with Gasteiger partial charge in [-0.2, -0.15) is 5.48 Å². The van der Waals surface area contributed by atoms with E-state index in [4.69, 9.17) is 9.57 Å². The summed E-state index contributed by atoms with van der Waals surface area (Å²) in [6.07, 6.45) is 8.29. The molecule has 106 valence electrons. The molecule has 0 aromatic carbocycles. The summed E-state index contributed by atoms with van der Waals surface area (Å²) in [6.45, 7) is 8.11. The Bertz CT molecular complexity index is 249. The summed E-state index contributed by atoms with van der Waals surface area (Å²) in [5.74, 6) is 0.586. The molecule has 2 unspecified atom stereocenters. The van der Waals surface area contributed by atoms with Crippen LogP contribution in [0.15, 0.2) is 0 Å². The number of ether oxygens (including phenoxy) is 1. The lowest BCUT2D eigenvalue weighted by atomic mass is 9.55. The predicted octanol–water partition coefficient (Wildman–Crippen LogP) is 3.29. The van der Waals surface area contributed by atoms with E-state index >= 15 is 0 Å². The van der Waals surface area contributed by atoms with E-state index in [1.165, 1.54) is 32.1 Å². The van der Waals surface area contributed by atoms with Gasteiger partial charge >= 0.3 is 0 Å². The molecule has 2 rings (SSSR count). The molecule has 18 heavy (non-hydrogen) atoms. The van der Waals surface area contributed by atoms with Crippen LogP contribution in [0.4, 0.5) is 0 Å². The maximum absolute atomic E-state index is 5.93. The largest absolute Gasteiger partial charge is 0.378 e. The van der Waals surface area contributed by atoms with E-state index in [1.807, 2.05) is 0 Å². The van der Waals surface area contributed by atoms with Gasteiger partial charge in [0.15, 0.2) is 0 Å². The number of hydrogen-bond acceptors (Lipinski definition) is 3. The zero-order valence-corrected chi connectivity index (χ0v) is 12.2. The van der Waals surface area contributed by atoms with Crippen LogP contribution in [0.2, 0.25) is 0 Å². The quantitative estimate of drug-likeness (QED) is 0.739. The highest BCUT2D eigenvalue weighted by Crippen LogP contribution is 2.53. The van der Waals surface area contributed by atoms with E-state index in [0.29, 0.717) is 23.5 Å². The first-order chi connectivity index (χ1) is 8.69. The number of hydrogen-bond donors (Lipinski definition) is 1. The summed E-state index contributed by atoms with van der Waals surface area (Å²) in [4.78, 5) is 5.65. The van der Waals surface area contributed by atoms with Gasteiger partial charge in [0.25, 0.3) is 0 Å². The Morgan fingerprint density at radius 1 is 1.22 bits per heavy atom. The highest BCUT2D eigenvalue weighted by atomic mass is 16.6. The lowest BCUT2D eigenvalue weighted by Crippen LogP contribution is -2.64. The van der Waals surface area contributed by atoms with Gasteiger partial charge in [0, 0.05) is 18.1 Å². The Morgan fingerprint density at radius 2 is 1.94 bits per heavy atom. The third kappa shape index (κ3) is 2.89. The fourth-order valence-electron chi connectivity index (χ4n) is 3.54. The summed E-state index contributed by atoms with van der Waals surface area (Å²) in [7, 11) is 0. The van der Waals surface area contributed by atoms with Crippen LogP contribution >= 0.6 is 0 Å². The van der Waals surface area contributed by atoms with Crippen molar-refractivity contribution in [1.29, 1.82) is 0 Å². The number of nitrogens with one attached hydrogen (secondary N) is 1. The first kappa shape index (κ1) is 14.3. The monoisotopic (exact) mass is 255 g/mol. The molecular weight excluding hydrogens is 226 g/mol. The molecule has 2 atom stereocenters. The summed E-state index contributed by atoms with van der Waals surface area (Å²) in [5, 5.41) is 0. The molecule has 2 fully saturated rings. The fourth-order valence-corrected chi connectivity index (χ4v) is 3.54. The SMILES string of the molecule is CCOC1CC(NOCC(C)C)C12CCCCC2. The molecular formula is C15H29NO2. The molecule has 0 amide bonds. The number of hydroxylamine groups is 1. The smallest absolute Gasteiger partial charge is 0.0705 e. The molecule has 0 heterocycles. The highest BCUT2D eigenvalue weighted by Gasteiger charge is 2.55. The van der Waals surface area contributed by atoms with Gasteiger partial charge in [-0.3, -0.25) is 0 Å². The minimum absolute atomic E-state index is 0.366. The van der Waals surface area contributed by atoms with Gasteiger partial charge in [-0.15, -0.1) is 0 Å². The first-order valence-electron chi connectivity index (χ1n) is 7.68. The fraction of sp³-hybridized carbons (Fsp3) is 1.00. The summed E-state index contributed by atoms with van der Waals surface area (Å²) in [5.41, 5.74) is 3.69. The molecule has 3 heteroatoms. The summed E-state index contributed by atoms with van der Waals surface area (Å²) in [6, 6.07) is 0.507. The highest BCUT2D eigenvalue weighted by molar-refractivity contribution is 5.07. The van der Waals surface area contributed by atoms with E-state index in [-0.39, 0.29) is 0 Å². The second kappa shape index (κ2) is 6.36. The van der Waals surface area contributed by atoms with Gasteiger partial charge < -0.3 is 9.57 Å². The van der Waals surface area contributed by atoms with Crippen molar-refractivity contribution in [2.75, 3.05) is 13.2 Å². The van der Waals surface area contributed by atoms with Crippen molar-refractivity contribution in [3.8, 4) is 0 Å². The van der Waals surface area contributed by atoms with E-state index < -0.39 is 0 Å². The Morgan fingerprint density at radius 3 is 2.56 bits per heavy atom. The van der Waals surface area contributed by atoms with Gasteiger partial charge in [0.2, 0.25) is 0 Å². The molecule has 2 aliphatic rings. The Balaban J connectivity index is 1.86. The normalized spacial score (nSPS) is 30.7. The lowest BCUT2D eigenvalue weighted by Gasteiger charge is -2.57. The van der Waals surface area contributed by atoms with Crippen LogP contribution in [0.5, 0.6) is 0 Å². The third-order valence-electron chi connectivity index (χ3n) is 4.58. The molecule has 1 N–H and O–H groups in total. The van der Waals surface area contributed by atoms with E-state index in [0.717, 1.165) is 19.6 Å². The van der Waals surface area contributed by atoms with E-state index in [9.17, 15) is 0 Å². The van der Waals surface area contributed by atoms with Gasteiger partial charge in [0.1, 0.15) is 0 Å². The van der Waals surface area contributed by atoms with E-state index in [2.05, 4.69) is 26.3 Å². The molecule has 0 aliphatic heterocycles. The van der Waals surface area contributed by atoms with Crippen molar-refractivity contribution >= 4 is 0 Å². The topological polar surface area (TPSA) is 30.5 Å². The average molecular weight is 255 g/mol. The molecule has 0 aromatic heterocycles. The van der Waals surface area contributed by atoms with Crippen molar-refractivity contribution in [3.63, 3.8) is 0 Å². The Labute approximate surface area is 112 Å². The average Bonchev–Trinajstić information content (AvgIpc) is 2.37. The first-order valence-corrected chi connectivity index (χ1v) is 7.68. The molecule has 2 saturated carbocycles. The molecule has 0 aromatic rings. The van der Waals surface area contributed by atoms with Gasteiger partial charge in [-0.05, 0) is 32.1 Å². The van der Waals surface area contributed by atoms with Crippen LogP contribution in [0.25, 0.3) is 0 Å². The molecule has 2 aliphatic carbocycles. The van der Waals surface area contributed by atoms with Crippen molar-refractivity contribution in [2.45, 2.75) is 71.4 Å². The summed E-state index contributed by atoms with van der Waals surface area (Å²) >= 11 is 0. The maximum atomic E-state index is 5.93. The van der Waals surface area contributed by atoms with Crippen molar-refractivity contribution in [3.05, 3.63) is 0 Å². The van der Waals surface area contributed by atoms with Gasteiger partial charge in [0.05, 0.1) is 12.7 Å². The van der Waals surface area contributed by atoms with Crippen molar-refractivity contribution in [2.24, 2.45) is 11.3 Å². The Kier molecular flexibility index (Phi) is 5.05. The van der Waals surface area contributed by atoms with Gasteiger partial charge in [-0.25, -0.2) is 0 Å². The van der Waals surface area contributed by atoms with Crippen molar-refractivity contribution < 1.29 is 9.57 Å². The van der Waals surface area contributed by atoms with Gasteiger partial charge in [-0.1, -0.05) is 33.1 Å². The molecule has 0 saturated heterocycles. The minimum Gasteiger partial charge on any atom is -0.378 e. The zero-order chi connectivity index (χ0) is 13.0. The molecule has 0 bridgehead atoms. The molecule has 3 nitrogen and oxygen atoms in total. The standard InChI is InChI=1S/C15H29NO2/c1-4-17-14-10-13(16-18-11-12(2)3)15(14)8-6-5-7-9-15/h12-14,16H,4-11H2,1-3H3. The minimum atomic E-state index is 0.366. The number of rotatable bonds is 6. The van der Waals surface area contributed by atoms with Crippen LogP contribution in [0.3, 0.4) is 0 Å². The lowest BCUT2D eigenvalue weighted by molar-refractivity contribution is -0.185. The van der Waals surface area contributed by atoms with Crippen LogP contribution in [0.1, 0.15) is 59.3 Å². The zero-order valence-electron chi connectivity index (χ0n) is 12.2. The Hall–Kier alpha value is -0.120. The predicted molar refractivity (Wildman–Crippen MR) is 73.3 cm³/mol. The van der Waals surface area contributed by atoms with Crippen LogP contribution in [0, 0.1) is 11.3 Å². The second-order valence-electron chi connectivity index (χ2n) is 6.35. The maximum Gasteiger partial charge on any atom is 0.0705 e. The van der Waals surface area contributed by atoms with Crippen LogP contribution < -0.4 is 5.48 Å². The van der Waals surface area contributed by atoms with Crippen LogP contribution in [-0.4, -0.2) is 25.4 Å². The molecule has 0 radical (unpaired) electrons. The van der Waals surface area contributed by atoms with Crippen LogP contribution in [-0.2, 0) is 9.57 Å². The molecule has 1 spiro atoms.